The summed E-state index contributed by atoms with van der Waals surface area (Å²) in [7, 11) is 0. The van der Waals surface area contributed by atoms with Crippen LogP contribution in [0.15, 0.2) is 0 Å². The van der Waals surface area contributed by atoms with E-state index in [0.717, 1.165) is 0 Å². The maximum Gasteiger partial charge on any atom is 0.437 e. The van der Waals surface area contributed by atoms with Crippen LogP contribution in [0, 0.1) is 0 Å². The number of alkyl halides is 12. The van der Waals surface area contributed by atoms with Gasteiger partial charge in [-0.15, -0.1) is 0 Å². The fourth-order valence-corrected chi connectivity index (χ4v) is 0.904. The molecule has 0 bridgehead atoms. The van der Waals surface area contributed by atoms with Gasteiger partial charge in [0.25, 0.3) is 6.10 Å². The summed E-state index contributed by atoms with van der Waals surface area (Å²) >= 11 is 0. The summed E-state index contributed by atoms with van der Waals surface area (Å²) in [6.45, 7) is 0. The summed E-state index contributed by atoms with van der Waals surface area (Å²) in [5, 5.41) is 8.27. The quantitative estimate of drug-likeness (QED) is 0.607. The zero-order valence-electron chi connectivity index (χ0n) is 9.38. The topological polar surface area (TPSA) is 46.5 Å². The van der Waals surface area contributed by atoms with E-state index in [1.54, 1.807) is 0 Å². The molecule has 0 aromatic rings. The molecule has 15 heteroatoms. The number of carbonyl (C=O) groups excluding carboxylic acids is 1. The first-order valence-corrected chi connectivity index (χ1v) is 4.46. The number of aliphatic hydroxyl groups is 1. The second kappa shape index (κ2) is 5.34. The molecule has 0 radical (unpaired) electrons. The Bertz CT molecular complexity index is 384. The van der Waals surface area contributed by atoms with Gasteiger partial charge in [-0.1, -0.05) is 0 Å². The first-order valence-electron chi connectivity index (χ1n) is 4.46. The molecule has 0 aliphatic heterocycles. The standard InChI is InChI=1S/C7H2F12O3/c8-4(9,10)1(5(11,12)13)22-2(20)3(21,6(14,15)16)7(17,18)19/h1,21H. The second-order valence-corrected chi connectivity index (χ2v) is 3.57. The van der Waals surface area contributed by atoms with E-state index in [2.05, 4.69) is 4.74 Å². The van der Waals surface area contributed by atoms with E-state index in [1.165, 1.54) is 0 Å². The van der Waals surface area contributed by atoms with Crippen LogP contribution in [0.25, 0.3) is 0 Å². The fourth-order valence-electron chi connectivity index (χ4n) is 0.904. The molecule has 0 rings (SSSR count). The van der Waals surface area contributed by atoms with Gasteiger partial charge in [-0.25, -0.2) is 4.79 Å². The predicted molar refractivity (Wildman–Crippen MR) is 39.0 cm³/mol. The average molecular weight is 362 g/mol. The minimum absolute atomic E-state index is 2.22. The van der Waals surface area contributed by atoms with E-state index in [1.807, 2.05) is 0 Å². The molecule has 22 heavy (non-hydrogen) atoms. The highest BCUT2D eigenvalue weighted by molar-refractivity contribution is 5.81. The van der Waals surface area contributed by atoms with Gasteiger partial charge in [0.1, 0.15) is 0 Å². The number of ether oxygens (including phenoxy) is 1. The number of esters is 1. The van der Waals surface area contributed by atoms with Crippen LogP contribution in [0.1, 0.15) is 0 Å². The average Bonchev–Trinajstić information content (AvgIpc) is 2.17. The lowest BCUT2D eigenvalue weighted by molar-refractivity contribution is -0.369. The van der Waals surface area contributed by atoms with Crippen molar-refractivity contribution in [2.75, 3.05) is 0 Å². The highest BCUT2D eigenvalue weighted by Gasteiger charge is 2.78. The van der Waals surface area contributed by atoms with Gasteiger partial charge in [0.15, 0.2) is 0 Å². The Balaban J connectivity index is 5.83. The van der Waals surface area contributed by atoms with Crippen LogP contribution in [0.5, 0.6) is 0 Å². The lowest BCUT2D eigenvalue weighted by Crippen LogP contribution is -2.64. The van der Waals surface area contributed by atoms with Crippen molar-refractivity contribution >= 4 is 5.97 Å². The van der Waals surface area contributed by atoms with Gasteiger partial charge in [0.05, 0.1) is 0 Å². The predicted octanol–water partition coefficient (Wildman–Crippen LogP) is 2.88. The molecular formula is C7H2F12O3. The minimum Gasteiger partial charge on any atom is -0.440 e. The Morgan fingerprint density at radius 3 is 1.18 bits per heavy atom. The Kier molecular flexibility index (Phi) is 5.00. The van der Waals surface area contributed by atoms with Crippen molar-refractivity contribution in [3.63, 3.8) is 0 Å². The second-order valence-electron chi connectivity index (χ2n) is 3.57. The molecule has 1 N–H and O–H groups in total. The summed E-state index contributed by atoms with van der Waals surface area (Å²) in [6, 6.07) is 0. The van der Waals surface area contributed by atoms with Gasteiger partial charge >= 0.3 is 36.3 Å². The zero-order chi connectivity index (χ0) is 18.4. The van der Waals surface area contributed by atoms with Crippen LogP contribution < -0.4 is 0 Å². The van der Waals surface area contributed by atoms with Crippen LogP contribution >= 0.6 is 0 Å². The van der Waals surface area contributed by atoms with Crippen LogP contribution in [-0.4, -0.2) is 47.5 Å². The van der Waals surface area contributed by atoms with E-state index in [-0.39, 0.29) is 0 Å². The van der Waals surface area contributed by atoms with Gasteiger partial charge in [-0.2, -0.15) is 52.7 Å². The molecule has 0 aromatic heterocycles. The van der Waals surface area contributed by atoms with Gasteiger partial charge in [-0.05, 0) is 0 Å². The third-order valence-corrected chi connectivity index (χ3v) is 1.94. The van der Waals surface area contributed by atoms with E-state index in [4.69, 9.17) is 5.11 Å². The molecule has 0 fully saturated rings. The molecule has 0 heterocycles. The summed E-state index contributed by atoms with van der Waals surface area (Å²) in [4.78, 5) is 10.5. The molecule has 3 nitrogen and oxygen atoms in total. The summed E-state index contributed by atoms with van der Waals surface area (Å²) in [6.07, 6.45) is -32.4. The van der Waals surface area contributed by atoms with E-state index in [9.17, 15) is 57.5 Å². The molecule has 0 aromatic carbocycles. The van der Waals surface area contributed by atoms with Crippen molar-refractivity contribution in [1.29, 1.82) is 0 Å². The van der Waals surface area contributed by atoms with Gasteiger partial charge in [-0.3, -0.25) is 0 Å². The van der Waals surface area contributed by atoms with Crippen LogP contribution in [-0.2, 0) is 9.53 Å². The highest BCUT2D eigenvalue weighted by atomic mass is 19.4. The summed E-state index contributed by atoms with van der Waals surface area (Å²) in [5.74, 6) is -4.22. The molecule has 0 saturated carbocycles. The maximum absolute atomic E-state index is 12.1. The molecule has 0 aliphatic rings. The third-order valence-electron chi connectivity index (χ3n) is 1.94. The molecule has 132 valence electrons. The number of halogens is 12. The van der Waals surface area contributed by atoms with Crippen LogP contribution in [0.4, 0.5) is 52.7 Å². The minimum atomic E-state index is -6.98. The normalized spacial score (nSPS) is 15.2. The number of hydrogen-bond donors (Lipinski definition) is 1. The molecule has 0 amide bonds. The van der Waals surface area contributed by atoms with Crippen molar-refractivity contribution in [1.82, 2.24) is 0 Å². The maximum atomic E-state index is 12.1. The first kappa shape index (κ1) is 20.6. The molecule has 0 spiro atoms. The van der Waals surface area contributed by atoms with Crippen molar-refractivity contribution < 1.29 is 67.3 Å². The molecule has 0 unspecified atom stereocenters. The monoisotopic (exact) mass is 362 g/mol. The Hall–Kier alpha value is -1.41. The summed E-state index contributed by atoms with van der Waals surface area (Å²) in [5.41, 5.74) is -6.56. The smallest absolute Gasteiger partial charge is 0.437 e. The first-order chi connectivity index (χ1) is 9.26. The van der Waals surface area contributed by atoms with Gasteiger partial charge < -0.3 is 9.84 Å². The van der Waals surface area contributed by atoms with E-state index < -0.39 is 42.4 Å². The van der Waals surface area contributed by atoms with Crippen LogP contribution in [0.2, 0.25) is 0 Å². The molecular weight excluding hydrogens is 360 g/mol. The Morgan fingerprint density at radius 1 is 0.727 bits per heavy atom. The van der Waals surface area contributed by atoms with E-state index in [0.29, 0.717) is 0 Å². The van der Waals surface area contributed by atoms with Gasteiger partial charge in [0, 0.05) is 0 Å². The summed E-state index contributed by atoms with van der Waals surface area (Å²) < 4.78 is 146. The third kappa shape index (κ3) is 3.86. The SMILES string of the molecule is O=C(OC(C(F)(F)F)C(F)(F)F)C(O)(C(F)(F)F)C(F)(F)F. The lowest BCUT2D eigenvalue weighted by atomic mass is 10.0. The van der Waals surface area contributed by atoms with Gasteiger partial charge in [0.2, 0.25) is 0 Å². The fraction of sp³-hybridized carbons (Fsp3) is 0.857. The number of carbonyl (C=O) groups is 1. The molecule has 0 aliphatic carbocycles. The lowest BCUT2D eigenvalue weighted by Gasteiger charge is -2.32. The zero-order valence-corrected chi connectivity index (χ0v) is 9.38. The van der Waals surface area contributed by atoms with Crippen molar-refractivity contribution in [2.45, 2.75) is 36.4 Å². The highest BCUT2D eigenvalue weighted by Crippen LogP contribution is 2.45. The molecule has 0 saturated heterocycles. The number of hydrogen-bond acceptors (Lipinski definition) is 3. The Morgan fingerprint density at radius 2 is 1.00 bits per heavy atom. The Labute approximate surface area is 111 Å². The largest absolute Gasteiger partial charge is 0.440 e. The number of rotatable bonds is 2. The molecule has 0 atom stereocenters. The van der Waals surface area contributed by atoms with Crippen LogP contribution in [0.3, 0.4) is 0 Å². The van der Waals surface area contributed by atoms with Crippen molar-refractivity contribution in [3.8, 4) is 0 Å². The van der Waals surface area contributed by atoms with E-state index >= 15 is 0 Å². The van der Waals surface area contributed by atoms with Crippen molar-refractivity contribution in [2.24, 2.45) is 0 Å². The van der Waals surface area contributed by atoms with Crippen molar-refractivity contribution in [3.05, 3.63) is 0 Å².